The number of anilines is 8. The predicted molar refractivity (Wildman–Crippen MR) is 128 cm³/mol. The van der Waals surface area contributed by atoms with Gasteiger partial charge in [-0.25, -0.2) is 0 Å². The summed E-state index contributed by atoms with van der Waals surface area (Å²) >= 11 is 0. The molecular weight excluding hydrogens is 368 g/mol. The molecule has 0 saturated carbocycles. The van der Waals surface area contributed by atoms with Crippen LogP contribution in [0.5, 0.6) is 0 Å². The van der Waals surface area contributed by atoms with E-state index in [9.17, 15) is 0 Å². The Morgan fingerprint density at radius 2 is 1.43 bits per heavy atom. The summed E-state index contributed by atoms with van der Waals surface area (Å²) in [6, 6.07) is 29.4. The highest BCUT2D eigenvalue weighted by Gasteiger charge is 2.25. The molecule has 0 amide bonds. The molecule has 0 atom stereocenters. The molecule has 0 aromatic heterocycles. The van der Waals surface area contributed by atoms with Crippen molar-refractivity contribution in [1.82, 2.24) is 0 Å². The Kier molecular flexibility index (Phi) is 4.32. The molecule has 0 radical (unpaired) electrons. The highest BCUT2D eigenvalue weighted by Crippen LogP contribution is 2.49. The molecular formula is C26H24N4. The molecule has 1 aliphatic rings. The van der Waals surface area contributed by atoms with Crippen LogP contribution in [0.2, 0.25) is 0 Å². The van der Waals surface area contributed by atoms with Crippen molar-refractivity contribution in [3.63, 3.8) is 0 Å². The van der Waals surface area contributed by atoms with Gasteiger partial charge in [-0.1, -0.05) is 35.9 Å². The highest BCUT2D eigenvalue weighted by molar-refractivity contribution is 5.99. The number of hydrogen-bond donors (Lipinski definition) is 3. The molecule has 4 aromatic rings. The zero-order valence-corrected chi connectivity index (χ0v) is 17.1. The van der Waals surface area contributed by atoms with Crippen molar-refractivity contribution in [3.05, 3.63) is 96.1 Å². The smallest absolute Gasteiger partial charge is 0.0718 e. The monoisotopic (exact) mass is 392 g/mol. The summed E-state index contributed by atoms with van der Waals surface area (Å²) < 4.78 is 0. The third-order valence-corrected chi connectivity index (χ3v) is 5.49. The first kappa shape index (κ1) is 18.1. The predicted octanol–water partition coefficient (Wildman–Crippen LogP) is 7.16. The number of fused-ring (bicyclic) bond motifs is 2. The molecule has 1 heterocycles. The lowest BCUT2D eigenvalue weighted by molar-refractivity contribution is 1.24. The second-order valence-electron chi connectivity index (χ2n) is 7.74. The molecule has 30 heavy (non-hydrogen) atoms. The third-order valence-electron chi connectivity index (χ3n) is 5.49. The van der Waals surface area contributed by atoms with Gasteiger partial charge in [0.05, 0.1) is 22.7 Å². The molecule has 0 bridgehead atoms. The van der Waals surface area contributed by atoms with Gasteiger partial charge < -0.3 is 21.3 Å². The van der Waals surface area contributed by atoms with Gasteiger partial charge in [-0.3, -0.25) is 0 Å². The number of rotatable bonds is 3. The summed E-state index contributed by atoms with van der Waals surface area (Å²) in [6.45, 7) is 4.13. The number of aryl methyl sites for hydroxylation is 2. The fraction of sp³-hybridized carbons (Fsp3) is 0.0769. The molecule has 0 saturated heterocycles. The van der Waals surface area contributed by atoms with Gasteiger partial charge in [-0.15, -0.1) is 0 Å². The van der Waals surface area contributed by atoms with Crippen molar-refractivity contribution in [2.75, 3.05) is 21.3 Å². The summed E-state index contributed by atoms with van der Waals surface area (Å²) in [5.41, 5.74) is 16.8. The number of benzene rings is 4. The topological polar surface area (TPSA) is 53.3 Å². The summed E-state index contributed by atoms with van der Waals surface area (Å²) in [5, 5.41) is 7.10. The molecule has 5 rings (SSSR count). The van der Waals surface area contributed by atoms with Crippen molar-refractivity contribution < 1.29 is 0 Å². The summed E-state index contributed by atoms with van der Waals surface area (Å²) in [4.78, 5) is 2.26. The van der Waals surface area contributed by atoms with Crippen LogP contribution < -0.4 is 21.3 Å². The first-order valence-corrected chi connectivity index (χ1v) is 10.1. The lowest BCUT2D eigenvalue weighted by atomic mass is 10.0. The van der Waals surface area contributed by atoms with E-state index in [0.29, 0.717) is 0 Å². The van der Waals surface area contributed by atoms with Crippen molar-refractivity contribution in [2.45, 2.75) is 13.8 Å². The molecule has 0 spiro atoms. The van der Waals surface area contributed by atoms with E-state index >= 15 is 0 Å². The highest BCUT2D eigenvalue weighted by atomic mass is 15.2. The van der Waals surface area contributed by atoms with Crippen molar-refractivity contribution >= 4 is 45.5 Å². The largest absolute Gasteiger partial charge is 0.398 e. The van der Waals surface area contributed by atoms with Crippen LogP contribution in [0.4, 0.5) is 45.5 Å². The Morgan fingerprint density at radius 1 is 0.733 bits per heavy atom. The van der Waals surface area contributed by atoms with Crippen LogP contribution in [0, 0.1) is 13.8 Å². The number of hydrogen-bond acceptors (Lipinski definition) is 4. The molecule has 1 aliphatic heterocycles. The minimum atomic E-state index is 0.786. The van der Waals surface area contributed by atoms with Gasteiger partial charge in [0.15, 0.2) is 0 Å². The van der Waals surface area contributed by atoms with Crippen molar-refractivity contribution in [2.24, 2.45) is 0 Å². The Bertz CT molecular complexity index is 1210. The molecule has 148 valence electrons. The Morgan fingerprint density at radius 3 is 2.20 bits per heavy atom. The van der Waals surface area contributed by atoms with Gasteiger partial charge in [0.2, 0.25) is 0 Å². The molecule has 4 aromatic carbocycles. The number of nitrogen functional groups attached to an aromatic ring is 1. The molecule has 0 fully saturated rings. The van der Waals surface area contributed by atoms with E-state index in [1.165, 1.54) is 5.56 Å². The van der Waals surface area contributed by atoms with E-state index in [-0.39, 0.29) is 0 Å². The standard InChI is InChI=1S/C26H24N4/c1-17-8-10-19(11-9-17)28-20-12-13-23-25(15-20)30(21-6-4-3-5-7-21)26-16-22(27)18(2)14-24(26)29-23/h3-16,28-29H,27H2,1-2H3. The Labute approximate surface area is 177 Å². The Balaban J connectivity index is 1.62. The molecule has 4 nitrogen and oxygen atoms in total. The van der Waals surface area contributed by atoms with Gasteiger partial charge in [0.25, 0.3) is 0 Å². The average Bonchev–Trinajstić information content (AvgIpc) is 2.76. The zero-order chi connectivity index (χ0) is 20.7. The van der Waals surface area contributed by atoms with E-state index in [1.54, 1.807) is 0 Å². The molecule has 0 unspecified atom stereocenters. The van der Waals surface area contributed by atoms with Crippen LogP contribution in [0.25, 0.3) is 0 Å². The number of nitrogens with one attached hydrogen (secondary N) is 2. The van der Waals surface area contributed by atoms with E-state index in [0.717, 1.165) is 51.1 Å². The van der Waals surface area contributed by atoms with Gasteiger partial charge in [0.1, 0.15) is 0 Å². The lowest BCUT2D eigenvalue weighted by Gasteiger charge is -2.35. The van der Waals surface area contributed by atoms with Crippen LogP contribution in [0.3, 0.4) is 0 Å². The third kappa shape index (κ3) is 3.22. The summed E-state index contributed by atoms with van der Waals surface area (Å²) in [7, 11) is 0. The van der Waals surface area contributed by atoms with Gasteiger partial charge in [-0.2, -0.15) is 0 Å². The second-order valence-corrected chi connectivity index (χ2v) is 7.74. The van der Waals surface area contributed by atoms with Crippen LogP contribution in [-0.2, 0) is 0 Å². The van der Waals surface area contributed by atoms with E-state index in [2.05, 4.69) is 95.3 Å². The van der Waals surface area contributed by atoms with Gasteiger partial charge in [0, 0.05) is 22.7 Å². The van der Waals surface area contributed by atoms with Crippen LogP contribution >= 0.6 is 0 Å². The molecule has 4 heteroatoms. The summed E-state index contributed by atoms with van der Waals surface area (Å²) in [5.74, 6) is 0. The maximum atomic E-state index is 6.28. The maximum Gasteiger partial charge on any atom is 0.0718 e. The minimum Gasteiger partial charge on any atom is -0.398 e. The van der Waals surface area contributed by atoms with Gasteiger partial charge >= 0.3 is 0 Å². The van der Waals surface area contributed by atoms with Crippen LogP contribution in [-0.4, -0.2) is 0 Å². The second kappa shape index (κ2) is 7.16. The number of nitrogens with two attached hydrogens (primary N) is 1. The number of para-hydroxylation sites is 1. The van der Waals surface area contributed by atoms with E-state index in [4.69, 9.17) is 5.73 Å². The van der Waals surface area contributed by atoms with Gasteiger partial charge in [-0.05, 0) is 74.0 Å². The maximum absolute atomic E-state index is 6.28. The first-order valence-electron chi connectivity index (χ1n) is 10.1. The fourth-order valence-corrected chi connectivity index (χ4v) is 3.83. The summed E-state index contributed by atoms with van der Waals surface area (Å²) in [6.07, 6.45) is 0. The van der Waals surface area contributed by atoms with Crippen LogP contribution in [0.1, 0.15) is 11.1 Å². The van der Waals surface area contributed by atoms with Crippen molar-refractivity contribution in [1.29, 1.82) is 0 Å². The van der Waals surface area contributed by atoms with Crippen LogP contribution in [0.15, 0.2) is 84.9 Å². The minimum absolute atomic E-state index is 0.786. The SMILES string of the molecule is Cc1ccc(Nc2ccc3c(c2)N(c2ccccc2)c2cc(N)c(C)cc2N3)cc1. The zero-order valence-electron chi connectivity index (χ0n) is 17.1. The fourth-order valence-electron chi connectivity index (χ4n) is 3.83. The van der Waals surface area contributed by atoms with E-state index < -0.39 is 0 Å². The molecule has 4 N–H and O–H groups in total. The average molecular weight is 393 g/mol. The Hall–Kier alpha value is -3.92. The normalized spacial score (nSPS) is 12.0. The van der Waals surface area contributed by atoms with E-state index in [1.807, 2.05) is 19.1 Å². The molecule has 0 aliphatic carbocycles. The quantitative estimate of drug-likeness (QED) is 0.285. The number of nitrogens with zero attached hydrogens (tertiary/aromatic N) is 1. The lowest BCUT2D eigenvalue weighted by Crippen LogP contribution is -2.18. The van der Waals surface area contributed by atoms with Crippen molar-refractivity contribution in [3.8, 4) is 0 Å². The first-order chi connectivity index (χ1) is 14.6.